The van der Waals surface area contributed by atoms with Crippen molar-refractivity contribution in [2.45, 2.75) is 25.4 Å². The van der Waals surface area contributed by atoms with Crippen LogP contribution in [0.2, 0.25) is 0 Å². The molecule has 1 fully saturated rings. The molecule has 7 nitrogen and oxygen atoms in total. The van der Waals surface area contributed by atoms with Gasteiger partial charge >= 0.3 is 0 Å². The van der Waals surface area contributed by atoms with Crippen molar-refractivity contribution in [3.8, 4) is 22.9 Å². The lowest BCUT2D eigenvalue weighted by Gasteiger charge is -2.22. The first-order valence-electron chi connectivity index (χ1n) is 9.20. The number of carbonyl (C=O) groups is 1. The van der Waals surface area contributed by atoms with E-state index in [4.69, 9.17) is 9.47 Å². The van der Waals surface area contributed by atoms with Gasteiger partial charge < -0.3 is 14.4 Å². The number of pyridine rings is 1. The van der Waals surface area contributed by atoms with Crippen molar-refractivity contribution < 1.29 is 14.3 Å². The van der Waals surface area contributed by atoms with Gasteiger partial charge in [-0.15, -0.1) is 0 Å². The van der Waals surface area contributed by atoms with Gasteiger partial charge in [0.2, 0.25) is 6.79 Å². The topological polar surface area (TPSA) is 77.4 Å². The second kappa shape index (κ2) is 6.92. The number of benzene rings is 1. The molecule has 5 rings (SSSR count). The molecule has 7 heteroatoms. The molecule has 1 saturated carbocycles. The van der Waals surface area contributed by atoms with Crippen LogP contribution in [0.25, 0.3) is 11.4 Å². The summed E-state index contributed by atoms with van der Waals surface area (Å²) < 4.78 is 10.8. The average molecular weight is 374 g/mol. The molecule has 1 aliphatic heterocycles. The van der Waals surface area contributed by atoms with Crippen molar-refractivity contribution in [3.63, 3.8) is 0 Å². The van der Waals surface area contributed by atoms with E-state index in [9.17, 15) is 4.79 Å². The first-order valence-corrected chi connectivity index (χ1v) is 9.20. The van der Waals surface area contributed by atoms with E-state index in [0.717, 1.165) is 35.5 Å². The Bertz CT molecular complexity index is 1000. The van der Waals surface area contributed by atoms with Gasteiger partial charge in [0.15, 0.2) is 17.3 Å². The summed E-state index contributed by atoms with van der Waals surface area (Å²) in [5.41, 5.74) is 2.32. The minimum Gasteiger partial charge on any atom is -0.454 e. The van der Waals surface area contributed by atoms with Crippen molar-refractivity contribution in [1.82, 2.24) is 19.9 Å². The lowest BCUT2D eigenvalue weighted by Crippen LogP contribution is -2.32. The zero-order valence-corrected chi connectivity index (χ0v) is 15.1. The van der Waals surface area contributed by atoms with E-state index in [-0.39, 0.29) is 18.7 Å². The molecule has 3 aromatic rings. The fraction of sp³-hybridized carbons (Fsp3) is 0.238. The summed E-state index contributed by atoms with van der Waals surface area (Å²) in [6.07, 6.45) is 8.62. The second-order valence-corrected chi connectivity index (χ2v) is 6.89. The molecule has 1 amide bonds. The number of ether oxygens (including phenoxy) is 2. The molecule has 0 spiro atoms. The van der Waals surface area contributed by atoms with E-state index in [2.05, 4.69) is 15.0 Å². The van der Waals surface area contributed by atoms with E-state index in [1.807, 2.05) is 35.2 Å². The van der Waals surface area contributed by atoms with Crippen molar-refractivity contribution in [1.29, 1.82) is 0 Å². The zero-order valence-electron chi connectivity index (χ0n) is 15.1. The van der Waals surface area contributed by atoms with Crippen LogP contribution in [0.5, 0.6) is 11.5 Å². The van der Waals surface area contributed by atoms with Gasteiger partial charge in [0, 0.05) is 42.9 Å². The maximum Gasteiger partial charge on any atom is 0.257 e. The van der Waals surface area contributed by atoms with E-state index in [1.165, 1.54) is 0 Å². The van der Waals surface area contributed by atoms with Gasteiger partial charge in [-0.1, -0.05) is 6.07 Å². The number of carbonyl (C=O) groups excluding carboxylic acids is 1. The Hall–Kier alpha value is -3.48. The Balaban J connectivity index is 1.36. The quantitative estimate of drug-likeness (QED) is 0.683. The summed E-state index contributed by atoms with van der Waals surface area (Å²) in [4.78, 5) is 27.8. The molecule has 0 N–H and O–H groups in total. The molecule has 0 radical (unpaired) electrons. The van der Waals surface area contributed by atoms with Crippen molar-refractivity contribution in [2.75, 3.05) is 6.79 Å². The van der Waals surface area contributed by atoms with Crippen LogP contribution in [0.3, 0.4) is 0 Å². The highest BCUT2D eigenvalue weighted by Crippen LogP contribution is 2.35. The van der Waals surface area contributed by atoms with Crippen LogP contribution in [-0.2, 0) is 6.54 Å². The van der Waals surface area contributed by atoms with Crippen LogP contribution in [0, 0.1) is 0 Å². The molecular weight excluding hydrogens is 356 g/mol. The van der Waals surface area contributed by atoms with Crippen LogP contribution >= 0.6 is 0 Å². The third kappa shape index (κ3) is 3.26. The Morgan fingerprint density at radius 3 is 2.64 bits per heavy atom. The van der Waals surface area contributed by atoms with E-state index in [1.54, 1.807) is 24.8 Å². The minimum atomic E-state index is -0.0575. The molecule has 1 aromatic carbocycles. The lowest BCUT2D eigenvalue weighted by molar-refractivity contribution is 0.0729. The standard InChI is InChI=1S/C21H18N4O3/c26-21(16-10-23-20(24-11-16)15-2-1-7-22-9-15)25(17-4-5-17)12-14-3-6-18-19(8-14)28-13-27-18/h1-3,6-11,17H,4-5,12-13H2. The Morgan fingerprint density at radius 1 is 1.07 bits per heavy atom. The van der Waals surface area contributed by atoms with Crippen molar-refractivity contribution >= 4 is 5.91 Å². The summed E-state index contributed by atoms with van der Waals surface area (Å²) >= 11 is 0. The highest BCUT2D eigenvalue weighted by Gasteiger charge is 2.33. The SMILES string of the molecule is O=C(c1cnc(-c2cccnc2)nc1)N(Cc1ccc2c(c1)OCO2)C1CC1. The van der Waals surface area contributed by atoms with Gasteiger partial charge in [0.05, 0.1) is 5.56 Å². The summed E-state index contributed by atoms with van der Waals surface area (Å²) in [7, 11) is 0. The smallest absolute Gasteiger partial charge is 0.257 e. The molecule has 0 atom stereocenters. The monoisotopic (exact) mass is 374 g/mol. The average Bonchev–Trinajstić information content (AvgIpc) is 3.49. The normalized spacial score (nSPS) is 14.7. The number of hydrogen-bond acceptors (Lipinski definition) is 6. The predicted molar refractivity (Wildman–Crippen MR) is 101 cm³/mol. The number of fused-ring (bicyclic) bond motifs is 1. The van der Waals surface area contributed by atoms with Gasteiger partial charge in [0.25, 0.3) is 5.91 Å². The number of nitrogens with zero attached hydrogens (tertiary/aromatic N) is 4. The van der Waals surface area contributed by atoms with Crippen LogP contribution in [0.15, 0.2) is 55.1 Å². The molecule has 0 bridgehead atoms. The molecular formula is C21H18N4O3. The highest BCUT2D eigenvalue weighted by atomic mass is 16.7. The molecule has 140 valence electrons. The van der Waals surface area contributed by atoms with Crippen molar-refractivity contribution in [2.24, 2.45) is 0 Å². The maximum absolute atomic E-state index is 13.1. The summed E-state index contributed by atoms with van der Waals surface area (Å²) in [6, 6.07) is 9.78. The molecule has 0 unspecified atom stereocenters. The van der Waals surface area contributed by atoms with Crippen LogP contribution in [0.1, 0.15) is 28.8 Å². The van der Waals surface area contributed by atoms with Crippen molar-refractivity contribution in [3.05, 3.63) is 66.2 Å². The fourth-order valence-electron chi connectivity index (χ4n) is 3.24. The van der Waals surface area contributed by atoms with Gasteiger partial charge in [-0.25, -0.2) is 9.97 Å². The molecule has 28 heavy (non-hydrogen) atoms. The van der Waals surface area contributed by atoms with Gasteiger partial charge in [0.1, 0.15) is 0 Å². The van der Waals surface area contributed by atoms with Gasteiger partial charge in [-0.3, -0.25) is 9.78 Å². The predicted octanol–water partition coefficient (Wildman–Crippen LogP) is 3.07. The number of aromatic nitrogens is 3. The minimum absolute atomic E-state index is 0.0575. The molecule has 1 aliphatic carbocycles. The number of amides is 1. The Morgan fingerprint density at radius 2 is 1.89 bits per heavy atom. The maximum atomic E-state index is 13.1. The second-order valence-electron chi connectivity index (χ2n) is 6.89. The largest absolute Gasteiger partial charge is 0.454 e. The fourth-order valence-corrected chi connectivity index (χ4v) is 3.24. The Kier molecular flexibility index (Phi) is 4.12. The third-order valence-electron chi connectivity index (χ3n) is 4.86. The summed E-state index contributed by atoms with van der Waals surface area (Å²) in [5, 5.41) is 0. The van der Waals surface area contributed by atoms with Gasteiger partial charge in [-0.2, -0.15) is 0 Å². The first-order chi connectivity index (χ1) is 13.8. The molecule has 2 aromatic heterocycles. The van der Waals surface area contributed by atoms with Crippen LogP contribution < -0.4 is 9.47 Å². The zero-order chi connectivity index (χ0) is 18.9. The van der Waals surface area contributed by atoms with E-state index < -0.39 is 0 Å². The van der Waals surface area contributed by atoms with E-state index in [0.29, 0.717) is 17.9 Å². The van der Waals surface area contributed by atoms with Crippen LogP contribution in [-0.4, -0.2) is 38.6 Å². The number of hydrogen-bond donors (Lipinski definition) is 0. The molecule has 3 heterocycles. The lowest BCUT2D eigenvalue weighted by atomic mass is 10.1. The van der Waals surface area contributed by atoms with Crippen LogP contribution in [0.4, 0.5) is 0 Å². The third-order valence-corrected chi connectivity index (χ3v) is 4.86. The van der Waals surface area contributed by atoms with E-state index >= 15 is 0 Å². The number of rotatable bonds is 5. The first kappa shape index (κ1) is 16.7. The highest BCUT2D eigenvalue weighted by molar-refractivity contribution is 5.94. The molecule has 2 aliphatic rings. The summed E-state index contributed by atoms with van der Waals surface area (Å²) in [5.74, 6) is 1.97. The van der Waals surface area contributed by atoms with Gasteiger partial charge in [-0.05, 0) is 42.7 Å². The Labute approximate surface area is 162 Å². The molecule has 0 saturated heterocycles. The summed E-state index contributed by atoms with van der Waals surface area (Å²) in [6.45, 7) is 0.759.